The second-order valence-electron chi connectivity index (χ2n) is 3.71. The fraction of sp³-hybridized carbons (Fsp3) is 0.100. The first-order valence-corrected chi connectivity index (χ1v) is 4.79. The largest absolute Gasteiger partial charge is 0.418 e. The van der Waals surface area contributed by atoms with Crippen molar-refractivity contribution in [1.82, 2.24) is 14.6 Å². The summed E-state index contributed by atoms with van der Waals surface area (Å²) in [6, 6.07) is 3.94. The maximum atomic E-state index is 12.6. The first kappa shape index (κ1) is 10.0. The molecule has 0 spiro atoms. The van der Waals surface area contributed by atoms with E-state index in [1.165, 1.54) is 10.6 Å². The van der Waals surface area contributed by atoms with E-state index in [1.54, 1.807) is 12.3 Å². The Kier molecular flexibility index (Phi) is 1.73. The van der Waals surface area contributed by atoms with Crippen LogP contribution in [0, 0.1) is 0 Å². The number of halogens is 3. The molecule has 2 aromatic heterocycles. The first-order valence-electron chi connectivity index (χ1n) is 4.79. The monoisotopic (exact) mass is 240 g/mol. The predicted octanol–water partition coefficient (Wildman–Crippen LogP) is 2.42. The van der Waals surface area contributed by atoms with Crippen molar-refractivity contribution in [3.63, 3.8) is 0 Å². The molecule has 0 bridgehead atoms. The van der Waals surface area contributed by atoms with Crippen LogP contribution in [-0.4, -0.2) is 14.6 Å². The van der Waals surface area contributed by atoms with Crippen LogP contribution >= 0.6 is 0 Å². The lowest BCUT2D eigenvalue weighted by Gasteiger charge is -2.09. The van der Waals surface area contributed by atoms with Gasteiger partial charge < -0.3 is 10.7 Å². The molecular weight excluding hydrogens is 233 g/mol. The Bertz CT molecular complexity index is 707. The quantitative estimate of drug-likeness (QED) is 0.593. The molecule has 17 heavy (non-hydrogen) atoms. The first-order chi connectivity index (χ1) is 7.97. The van der Waals surface area contributed by atoms with Crippen LogP contribution in [0.25, 0.3) is 16.7 Å². The lowest BCUT2D eigenvalue weighted by atomic mass is 10.1. The molecular formula is C10H7F3N4. The van der Waals surface area contributed by atoms with Crippen LogP contribution in [0.4, 0.5) is 18.9 Å². The van der Waals surface area contributed by atoms with Crippen molar-refractivity contribution in [3.8, 4) is 0 Å². The molecule has 0 aliphatic carbocycles. The number of nitrogens with two attached hydrogens (primary N) is 1. The van der Waals surface area contributed by atoms with Crippen molar-refractivity contribution >= 4 is 22.4 Å². The molecule has 1 aromatic carbocycles. The number of fused-ring (bicyclic) bond motifs is 3. The summed E-state index contributed by atoms with van der Waals surface area (Å²) in [5, 5.41) is 3.99. The van der Waals surface area contributed by atoms with Gasteiger partial charge in [0, 0.05) is 11.8 Å². The van der Waals surface area contributed by atoms with Crippen LogP contribution in [0.5, 0.6) is 0 Å². The molecule has 0 aliphatic rings. The molecule has 4 nitrogen and oxygen atoms in total. The lowest BCUT2D eigenvalue weighted by Crippen LogP contribution is -2.08. The molecule has 0 saturated heterocycles. The van der Waals surface area contributed by atoms with Gasteiger partial charge in [-0.1, -0.05) is 0 Å². The Morgan fingerprint density at radius 1 is 1.29 bits per heavy atom. The molecule has 2 heterocycles. The van der Waals surface area contributed by atoms with Crippen LogP contribution < -0.4 is 5.73 Å². The Morgan fingerprint density at radius 3 is 2.76 bits per heavy atom. The zero-order valence-electron chi connectivity index (χ0n) is 8.42. The average molecular weight is 240 g/mol. The maximum absolute atomic E-state index is 12.6. The third-order valence-corrected chi connectivity index (χ3v) is 2.61. The van der Waals surface area contributed by atoms with Gasteiger partial charge in [0.2, 0.25) is 0 Å². The van der Waals surface area contributed by atoms with Gasteiger partial charge in [-0.25, -0.2) is 4.52 Å². The van der Waals surface area contributed by atoms with Gasteiger partial charge in [0.05, 0.1) is 22.8 Å². The summed E-state index contributed by atoms with van der Waals surface area (Å²) in [4.78, 5) is 2.84. The summed E-state index contributed by atoms with van der Waals surface area (Å²) in [6.07, 6.45) is -2.90. The normalized spacial score (nSPS) is 12.6. The number of nitrogen functional groups attached to an aromatic ring is 1. The number of nitrogens with one attached hydrogen (secondary N) is 1. The fourth-order valence-electron chi connectivity index (χ4n) is 1.85. The minimum absolute atomic E-state index is 0.304. The minimum Gasteiger partial charge on any atom is -0.398 e. The van der Waals surface area contributed by atoms with Crippen LogP contribution in [-0.2, 0) is 6.18 Å². The van der Waals surface area contributed by atoms with Crippen LogP contribution in [0.3, 0.4) is 0 Å². The van der Waals surface area contributed by atoms with Gasteiger partial charge in [0.1, 0.15) is 5.65 Å². The number of imidazole rings is 1. The molecule has 7 heteroatoms. The third-order valence-electron chi connectivity index (χ3n) is 2.61. The zero-order chi connectivity index (χ0) is 12.2. The van der Waals surface area contributed by atoms with Crippen LogP contribution in [0.1, 0.15) is 5.56 Å². The second-order valence-corrected chi connectivity index (χ2v) is 3.71. The smallest absolute Gasteiger partial charge is 0.398 e. The van der Waals surface area contributed by atoms with Crippen molar-refractivity contribution in [2.45, 2.75) is 6.18 Å². The number of aromatic nitrogens is 3. The summed E-state index contributed by atoms with van der Waals surface area (Å²) < 4.78 is 39.4. The van der Waals surface area contributed by atoms with E-state index >= 15 is 0 Å². The van der Waals surface area contributed by atoms with Crippen molar-refractivity contribution in [2.75, 3.05) is 5.73 Å². The molecule has 0 amide bonds. The number of H-pyrrole nitrogens is 1. The van der Waals surface area contributed by atoms with Crippen LogP contribution in [0.2, 0.25) is 0 Å². The van der Waals surface area contributed by atoms with E-state index in [0.717, 1.165) is 6.07 Å². The van der Waals surface area contributed by atoms with E-state index in [4.69, 9.17) is 5.73 Å². The number of hydrogen-bond acceptors (Lipinski definition) is 2. The maximum Gasteiger partial charge on any atom is 0.418 e. The van der Waals surface area contributed by atoms with Crippen LogP contribution in [0.15, 0.2) is 24.4 Å². The molecule has 0 radical (unpaired) electrons. The predicted molar refractivity (Wildman–Crippen MR) is 56.5 cm³/mol. The summed E-state index contributed by atoms with van der Waals surface area (Å²) in [7, 11) is 0. The highest BCUT2D eigenvalue weighted by molar-refractivity contribution is 5.84. The number of anilines is 1. The van der Waals surface area contributed by atoms with Gasteiger partial charge >= 0.3 is 6.18 Å². The summed E-state index contributed by atoms with van der Waals surface area (Å²) in [5.74, 6) is 0. The Morgan fingerprint density at radius 2 is 2.06 bits per heavy atom. The van der Waals surface area contributed by atoms with Gasteiger partial charge in [-0.05, 0) is 12.1 Å². The van der Waals surface area contributed by atoms with Gasteiger partial charge in [0.15, 0.2) is 0 Å². The van der Waals surface area contributed by atoms with Crippen molar-refractivity contribution in [3.05, 3.63) is 30.0 Å². The number of aromatic amines is 1. The minimum atomic E-state index is -4.45. The SMILES string of the molecule is Nc1cc2c(cc1C(F)(F)F)[nH]c1ccnn12. The van der Waals surface area contributed by atoms with Gasteiger partial charge in [0.25, 0.3) is 0 Å². The summed E-state index contributed by atoms with van der Waals surface area (Å²) in [6.45, 7) is 0. The van der Waals surface area contributed by atoms with Crippen molar-refractivity contribution in [1.29, 1.82) is 0 Å². The number of rotatable bonds is 0. The summed E-state index contributed by atoms with van der Waals surface area (Å²) >= 11 is 0. The average Bonchev–Trinajstić information content (AvgIpc) is 2.75. The van der Waals surface area contributed by atoms with E-state index in [0.29, 0.717) is 16.7 Å². The van der Waals surface area contributed by atoms with Crippen molar-refractivity contribution < 1.29 is 13.2 Å². The van der Waals surface area contributed by atoms with E-state index in [-0.39, 0.29) is 5.69 Å². The lowest BCUT2D eigenvalue weighted by molar-refractivity contribution is -0.136. The Hall–Kier alpha value is -2.18. The third kappa shape index (κ3) is 1.35. The highest BCUT2D eigenvalue weighted by Crippen LogP contribution is 2.35. The molecule has 3 rings (SSSR count). The van der Waals surface area contributed by atoms with E-state index in [9.17, 15) is 13.2 Å². The number of alkyl halides is 3. The number of benzene rings is 1. The van der Waals surface area contributed by atoms with E-state index < -0.39 is 11.7 Å². The van der Waals surface area contributed by atoms with Gasteiger partial charge in [-0.15, -0.1) is 0 Å². The molecule has 3 N–H and O–H groups in total. The van der Waals surface area contributed by atoms with Gasteiger partial charge in [-0.3, -0.25) is 0 Å². The molecule has 88 valence electrons. The molecule has 0 atom stereocenters. The topological polar surface area (TPSA) is 59.1 Å². The van der Waals surface area contributed by atoms with E-state index in [1.807, 2.05) is 0 Å². The zero-order valence-corrected chi connectivity index (χ0v) is 8.42. The molecule has 3 aromatic rings. The number of nitrogens with zero attached hydrogens (tertiary/aromatic N) is 2. The Labute approximate surface area is 92.8 Å². The Balaban J connectivity index is 2.39. The molecule has 0 saturated carbocycles. The fourth-order valence-corrected chi connectivity index (χ4v) is 1.85. The van der Waals surface area contributed by atoms with Crippen molar-refractivity contribution in [2.24, 2.45) is 0 Å². The molecule has 0 aliphatic heterocycles. The highest BCUT2D eigenvalue weighted by Gasteiger charge is 2.33. The standard InChI is InChI=1S/C10H7F3N4/c11-10(12,13)5-3-7-8(4-6(5)14)17-9(16-7)1-2-15-17/h1-4,16H,14H2. The molecule has 0 fully saturated rings. The van der Waals surface area contributed by atoms with E-state index in [2.05, 4.69) is 10.1 Å². The summed E-state index contributed by atoms with van der Waals surface area (Å²) in [5.41, 5.74) is 5.78. The molecule has 0 unspecified atom stereocenters. The highest BCUT2D eigenvalue weighted by atomic mass is 19.4. The number of hydrogen-bond donors (Lipinski definition) is 2. The second kappa shape index (κ2) is 2.93. The van der Waals surface area contributed by atoms with Gasteiger partial charge in [-0.2, -0.15) is 18.3 Å².